The molecule has 2 aromatic carbocycles. The van der Waals surface area contributed by atoms with Crippen molar-refractivity contribution in [2.75, 3.05) is 12.4 Å². The lowest BCUT2D eigenvalue weighted by molar-refractivity contribution is -0.385. The molecule has 0 saturated heterocycles. The number of aromatic nitrogens is 2. The summed E-state index contributed by atoms with van der Waals surface area (Å²) in [5.74, 6) is 0.398. The lowest BCUT2D eigenvalue weighted by Crippen LogP contribution is -1.99. The quantitative estimate of drug-likeness (QED) is 0.449. The van der Waals surface area contributed by atoms with Crippen LogP contribution in [0.25, 0.3) is 24.3 Å². The number of non-ortho nitro benzene ring substituents is 2. The van der Waals surface area contributed by atoms with E-state index in [9.17, 15) is 20.2 Å². The molecule has 1 aromatic heterocycles. The van der Waals surface area contributed by atoms with Crippen molar-refractivity contribution in [1.29, 1.82) is 0 Å². The molecule has 0 fully saturated rings. The summed E-state index contributed by atoms with van der Waals surface area (Å²) >= 11 is 0. The SMILES string of the molecule is CNc1nc(/C=C/c2cccc([N+](=O)[O-])c2)cc(/C=C/c2cccc([N+](=O)[O-])c2)n1. The van der Waals surface area contributed by atoms with Crippen molar-refractivity contribution in [2.24, 2.45) is 0 Å². The van der Waals surface area contributed by atoms with E-state index < -0.39 is 9.85 Å². The molecule has 0 aliphatic carbocycles. The van der Waals surface area contributed by atoms with Crippen LogP contribution in [0.1, 0.15) is 22.5 Å². The number of hydrogen-bond acceptors (Lipinski definition) is 7. The Hall–Kier alpha value is -4.40. The summed E-state index contributed by atoms with van der Waals surface area (Å²) in [5.41, 5.74) is 2.55. The molecule has 0 saturated carbocycles. The second-order valence-corrected chi connectivity index (χ2v) is 6.16. The third-order valence-electron chi connectivity index (χ3n) is 4.04. The molecule has 150 valence electrons. The second kappa shape index (κ2) is 9.20. The van der Waals surface area contributed by atoms with Crippen molar-refractivity contribution in [3.05, 3.63) is 97.3 Å². The monoisotopic (exact) mass is 403 g/mol. The molecule has 30 heavy (non-hydrogen) atoms. The van der Waals surface area contributed by atoms with Crippen LogP contribution in [0.3, 0.4) is 0 Å². The molecule has 0 amide bonds. The van der Waals surface area contributed by atoms with Gasteiger partial charge in [-0.15, -0.1) is 0 Å². The molecule has 1 heterocycles. The van der Waals surface area contributed by atoms with Crippen LogP contribution in [0.4, 0.5) is 17.3 Å². The Balaban J connectivity index is 1.86. The summed E-state index contributed by atoms with van der Waals surface area (Å²) in [4.78, 5) is 29.6. The maximum absolute atomic E-state index is 10.9. The molecular weight excluding hydrogens is 386 g/mol. The van der Waals surface area contributed by atoms with Crippen LogP contribution in [-0.4, -0.2) is 26.9 Å². The largest absolute Gasteiger partial charge is 0.357 e. The van der Waals surface area contributed by atoms with Crippen LogP contribution < -0.4 is 5.32 Å². The van der Waals surface area contributed by atoms with Gasteiger partial charge in [0.1, 0.15) is 0 Å². The first-order chi connectivity index (χ1) is 14.4. The van der Waals surface area contributed by atoms with Crippen LogP contribution in [-0.2, 0) is 0 Å². The first-order valence-corrected chi connectivity index (χ1v) is 8.86. The molecule has 0 aliphatic rings. The van der Waals surface area contributed by atoms with E-state index in [0.29, 0.717) is 28.5 Å². The molecule has 0 radical (unpaired) electrons. The summed E-state index contributed by atoms with van der Waals surface area (Å²) in [6.45, 7) is 0. The second-order valence-electron chi connectivity index (χ2n) is 6.16. The van der Waals surface area contributed by atoms with Gasteiger partial charge in [0, 0.05) is 31.3 Å². The van der Waals surface area contributed by atoms with Crippen molar-refractivity contribution in [3.8, 4) is 0 Å². The van der Waals surface area contributed by atoms with Crippen LogP contribution in [0.2, 0.25) is 0 Å². The van der Waals surface area contributed by atoms with E-state index in [1.54, 1.807) is 61.7 Å². The zero-order valence-corrected chi connectivity index (χ0v) is 15.9. The van der Waals surface area contributed by atoms with Gasteiger partial charge in [-0.05, 0) is 29.3 Å². The third kappa shape index (κ3) is 5.32. The zero-order chi connectivity index (χ0) is 21.5. The topological polar surface area (TPSA) is 124 Å². The highest BCUT2D eigenvalue weighted by Crippen LogP contribution is 2.18. The first kappa shape index (κ1) is 20.3. The van der Waals surface area contributed by atoms with Crippen LogP contribution in [0, 0.1) is 20.2 Å². The van der Waals surface area contributed by atoms with Gasteiger partial charge in [0.05, 0.1) is 21.2 Å². The Morgan fingerprint density at radius 1 is 0.767 bits per heavy atom. The first-order valence-electron chi connectivity index (χ1n) is 8.86. The highest BCUT2D eigenvalue weighted by molar-refractivity contribution is 5.73. The van der Waals surface area contributed by atoms with Gasteiger partial charge in [0.15, 0.2) is 0 Å². The minimum absolute atomic E-state index is 0.0105. The number of nitrogens with zero attached hydrogens (tertiary/aromatic N) is 4. The van der Waals surface area contributed by atoms with E-state index in [1.165, 1.54) is 24.3 Å². The molecule has 0 unspecified atom stereocenters. The average Bonchev–Trinajstić information content (AvgIpc) is 2.76. The average molecular weight is 403 g/mol. The number of anilines is 1. The number of hydrogen-bond donors (Lipinski definition) is 1. The highest BCUT2D eigenvalue weighted by Gasteiger charge is 2.05. The Labute approximate surface area is 171 Å². The molecule has 9 heteroatoms. The molecule has 0 spiro atoms. The lowest BCUT2D eigenvalue weighted by Gasteiger charge is -2.03. The van der Waals surface area contributed by atoms with E-state index >= 15 is 0 Å². The standard InChI is InChI=1S/C21H17N5O4/c1-22-21-23-17(10-8-15-4-2-6-19(12-15)25(27)28)14-18(24-21)11-9-16-5-3-7-20(13-16)26(29)30/h2-14H,1H3,(H,22,23,24)/b10-8+,11-9+. The molecule has 0 atom stereocenters. The number of nitro groups is 2. The van der Waals surface area contributed by atoms with Gasteiger partial charge in [-0.2, -0.15) is 0 Å². The summed E-state index contributed by atoms with van der Waals surface area (Å²) in [5, 5.41) is 24.7. The molecule has 0 bridgehead atoms. The zero-order valence-electron chi connectivity index (χ0n) is 15.9. The number of nitro benzene ring substituents is 2. The number of benzene rings is 2. The Bertz CT molecular complexity index is 1070. The molecule has 0 aliphatic heterocycles. The molecule has 9 nitrogen and oxygen atoms in total. The Morgan fingerprint density at radius 2 is 1.23 bits per heavy atom. The molecule has 3 aromatic rings. The fourth-order valence-electron chi connectivity index (χ4n) is 2.62. The third-order valence-corrected chi connectivity index (χ3v) is 4.04. The fraction of sp³-hybridized carbons (Fsp3) is 0.0476. The number of nitrogens with one attached hydrogen (secondary N) is 1. The number of rotatable bonds is 7. The van der Waals surface area contributed by atoms with Crippen LogP contribution in [0.5, 0.6) is 0 Å². The van der Waals surface area contributed by atoms with Gasteiger partial charge in [-0.1, -0.05) is 36.4 Å². The van der Waals surface area contributed by atoms with Crippen LogP contribution in [0.15, 0.2) is 54.6 Å². The smallest absolute Gasteiger partial charge is 0.270 e. The van der Waals surface area contributed by atoms with Crippen molar-refractivity contribution in [1.82, 2.24) is 9.97 Å². The van der Waals surface area contributed by atoms with E-state index in [-0.39, 0.29) is 11.4 Å². The van der Waals surface area contributed by atoms with Crippen LogP contribution >= 0.6 is 0 Å². The summed E-state index contributed by atoms with van der Waals surface area (Å²) in [7, 11) is 1.69. The normalized spacial score (nSPS) is 11.1. The van der Waals surface area contributed by atoms with Crippen molar-refractivity contribution in [3.63, 3.8) is 0 Å². The summed E-state index contributed by atoms with van der Waals surface area (Å²) in [6, 6.07) is 14.3. The van der Waals surface area contributed by atoms with Gasteiger partial charge >= 0.3 is 0 Å². The lowest BCUT2D eigenvalue weighted by atomic mass is 10.1. The van der Waals surface area contributed by atoms with E-state index in [0.717, 1.165) is 0 Å². The van der Waals surface area contributed by atoms with E-state index in [1.807, 2.05) is 0 Å². The van der Waals surface area contributed by atoms with Gasteiger partial charge in [-0.3, -0.25) is 20.2 Å². The van der Waals surface area contributed by atoms with Crippen molar-refractivity contribution in [2.45, 2.75) is 0 Å². The van der Waals surface area contributed by atoms with E-state index in [2.05, 4.69) is 15.3 Å². The molecule has 3 rings (SSSR count). The Morgan fingerprint density at radius 3 is 1.63 bits per heavy atom. The Kier molecular flexibility index (Phi) is 6.23. The minimum atomic E-state index is -0.446. The maximum atomic E-state index is 10.9. The molecular formula is C21H17N5O4. The van der Waals surface area contributed by atoms with Gasteiger partial charge < -0.3 is 5.32 Å². The minimum Gasteiger partial charge on any atom is -0.357 e. The maximum Gasteiger partial charge on any atom is 0.270 e. The van der Waals surface area contributed by atoms with Gasteiger partial charge in [-0.25, -0.2) is 9.97 Å². The predicted octanol–water partition coefficient (Wildman–Crippen LogP) is 4.68. The van der Waals surface area contributed by atoms with Gasteiger partial charge in [0.25, 0.3) is 11.4 Å². The van der Waals surface area contributed by atoms with Crippen molar-refractivity contribution < 1.29 is 9.85 Å². The fourth-order valence-corrected chi connectivity index (χ4v) is 2.62. The van der Waals surface area contributed by atoms with E-state index in [4.69, 9.17) is 0 Å². The van der Waals surface area contributed by atoms with Crippen molar-refractivity contribution >= 4 is 41.6 Å². The van der Waals surface area contributed by atoms with Gasteiger partial charge in [0.2, 0.25) is 5.95 Å². The summed E-state index contributed by atoms with van der Waals surface area (Å²) in [6.07, 6.45) is 6.91. The molecule has 1 N–H and O–H groups in total. The highest BCUT2D eigenvalue weighted by atomic mass is 16.6. The summed E-state index contributed by atoms with van der Waals surface area (Å²) < 4.78 is 0. The predicted molar refractivity (Wildman–Crippen MR) is 116 cm³/mol.